The third-order valence-corrected chi connectivity index (χ3v) is 6.40. The van der Waals surface area contributed by atoms with E-state index in [0.29, 0.717) is 11.3 Å². The number of carbonyl (C=O) groups excluding carboxylic acids is 1. The van der Waals surface area contributed by atoms with E-state index < -0.39 is 16.5 Å². The minimum atomic E-state index is -0.920. The van der Waals surface area contributed by atoms with Crippen molar-refractivity contribution in [2.45, 2.75) is 21.8 Å². The normalized spacial score (nSPS) is 18.6. The lowest BCUT2D eigenvalue weighted by Gasteiger charge is -2.14. The van der Waals surface area contributed by atoms with Gasteiger partial charge in [-0.2, -0.15) is 0 Å². The molecule has 0 aliphatic heterocycles. The Labute approximate surface area is 171 Å². The summed E-state index contributed by atoms with van der Waals surface area (Å²) < 4.78 is 12.3. The first-order valence-corrected chi connectivity index (χ1v) is 10.2. The van der Waals surface area contributed by atoms with Crippen LogP contribution >= 0.6 is 35.0 Å². The summed E-state index contributed by atoms with van der Waals surface area (Å²) in [5, 5.41) is 15.5. The molecule has 2 aromatic carbocycles. The molecule has 1 saturated carbocycles. The zero-order valence-electron chi connectivity index (χ0n) is 14.3. The van der Waals surface area contributed by atoms with Gasteiger partial charge in [-0.05, 0) is 36.2 Å². The van der Waals surface area contributed by atoms with E-state index in [4.69, 9.17) is 23.2 Å². The van der Waals surface area contributed by atoms with Crippen molar-refractivity contribution in [1.82, 2.24) is 5.32 Å². The van der Waals surface area contributed by atoms with Crippen molar-refractivity contribution in [2.24, 2.45) is 5.92 Å². The fourth-order valence-corrected chi connectivity index (χ4v) is 4.44. The van der Waals surface area contributed by atoms with Gasteiger partial charge in [0.15, 0.2) is 0 Å². The number of para-hydroxylation sites is 1. The molecular formula is C19H19Cl2FN2O2S. The van der Waals surface area contributed by atoms with E-state index in [1.165, 1.54) is 24.3 Å². The molecule has 1 aliphatic carbocycles. The van der Waals surface area contributed by atoms with E-state index in [9.17, 15) is 14.3 Å². The van der Waals surface area contributed by atoms with Crippen molar-refractivity contribution in [3.63, 3.8) is 0 Å². The highest BCUT2D eigenvalue weighted by molar-refractivity contribution is 7.99. The summed E-state index contributed by atoms with van der Waals surface area (Å²) in [6, 6.07) is 12.5. The number of nitrogens with one attached hydrogen (secondary N) is 2. The first-order chi connectivity index (χ1) is 12.8. The van der Waals surface area contributed by atoms with E-state index >= 15 is 0 Å². The number of aliphatic hydroxyl groups is 1. The first-order valence-electron chi connectivity index (χ1n) is 8.43. The van der Waals surface area contributed by atoms with E-state index in [0.717, 1.165) is 17.1 Å². The standard InChI is InChI=1S/C19H19Cl2FN2O2S/c20-19(21)9-13(19)11-27-17-4-2-1-3-15(17)24-18(26)23-10-16(25)12-5-7-14(22)8-6-12/h1-8,13,16,25H,9-11H2,(H2,23,24,26). The Morgan fingerprint density at radius 3 is 2.59 bits per heavy atom. The van der Waals surface area contributed by atoms with Crippen LogP contribution in [0, 0.1) is 11.7 Å². The van der Waals surface area contributed by atoms with Gasteiger partial charge >= 0.3 is 6.03 Å². The van der Waals surface area contributed by atoms with E-state index in [1.807, 2.05) is 18.2 Å². The fourth-order valence-electron chi connectivity index (χ4n) is 2.50. The van der Waals surface area contributed by atoms with Crippen LogP contribution in [0.4, 0.5) is 14.9 Å². The molecule has 27 heavy (non-hydrogen) atoms. The maximum Gasteiger partial charge on any atom is 0.319 e. The number of thioether (sulfide) groups is 1. The second-order valence-corrected chi connectivity index (χ2v) is 8.98. The van der Waals surface area contributed by atoms with Crippen molar-refractivity contribution in [3.8, 4) is 0 Å². The minimum Gasteiger partial charge on any atom is -0.387 e. The molecule has 2 unspecified atom stereocenters. The van der Waals surface area contributed by atoms with Crippen LogP contribution in [-0.2, 0) is 0 Å². The summed E-state index contributed by atoms with van der Waals surface area (Å²) in [7, 11) is 0. The van der Waals surface area contributed by atoms with Crippen molar-refractivity contribution < 1.29 is 14.3 Å². The number of halogens is 3. The predicted octanol–water partition coefficient (Wildman–Crippen LogP) is 4.97. The quantitative estimate of drug-likeness (QED) is 0.431. The predicted molar refractivity (Wildman–Crippen MR) is 108 cm³/mol. The number of carbonyl (C=O) groups is 1. The highest BCUT2D eigenvalue weighted by Crippen LogP contribution is 2.55. The molecule has 144 valence electrons. The molecule has 3 rings (SSSR count). The van der Waals surface area contributed by atoms with Crippen LogP contribution in [-0.4, -0.2) is 27.8 Å². The molecule has 3 N–H and O–H groups in total. The SMILES string of the molecule is O=C(NCC(O)c1ccc(F)cc1)Nc1ccccc1SCC1CC1(Cl)Cl. The van der Waals surface area contributed by atoms with E-state index in [1.54, 1.807) is 17.8 Å². The molecule has 2 aromatic rings. The van der Waals surface area contributed by atoms with Crippen LogP contribution in [0.2, 0.25) is 0 Å². The smallest absolute Gasteiger partial charge is 0.319 e. The van der Waals surface area contributed by atoms with Crippen LogP contribution < -0.4 is 10.6 Å². The molecule has 4 nitrogen and oxygen atoms in total. The van der Waals surface area contributed by atoms with Crippen LogP contribution in [0.25, 0.3) is 0 Å². The monoisotopic (exact) mass is 428 g/mol. The lowest BCUT2D eigenvalue weighted by Crippen LogP contribution is -2.32. The lowest BCUT2D eigenvalue weighted by molar-refractivity contribution is 0.175. The lowest BCUT2D eigenvalue weighted by atomic mass is 10.1. The van der Waals surface area contributed by atoms with Crippen molar-refractivity contribution in [2.75, 3.05) is 17.6 Å². The Hall–Kier alpha value is -1.47. The summed E-state index contributed by atoms with van der Waals surface area (Å²) in [6.45, 7) is 0.00979. The Balaban J connectivity index is 1.51. The number of urea groups is 1. The van der Waals surface area contributed by atoms with Crippen LogP contribution in [0.1, 0.15) is 18.1 Å². The topological polar surface area (TPSA) is 61.4 Å². The number of rotatable bonds is 7. The molecule has 0 aromatic heterocycles. The largest absolute Gasteiger partial charge is 0.387 e. The van der Waals surface area contributed by atoms with Crippen molar-refractivity contribution in [3.05, 3.63) is 59.9 Å². The average molecular weight is 429 g/mol. The van der Waals surface area contributed by atoms with Gasteiger partial charge in [0.2, 0.25) is 0 Å². The zero-order valence-corrected chi connectivity index (χ0v) is 16.6. The van der Waals surface area contributed by atoms with Crippen LogP contribution in [0.15, 0.2) is 53.4 Å². The molecule has 0 saturated heterocycles. The zero-order chi connectivity index (χ0) is 19.4. The number of benzene rings is 2. The van der Waals surface area contributed by atoms with Gasteiger partial charge in [-0.3, -0.25) is 0 Å². The van der Waals surface area contributed by atoms with Gasteiger partial charge in [0.25, 0.3) is 0 Å². The van der Waals surface area contributed by atoms with Gasteiger partial charge in [-0.25, -0.2) is 9.18 Å². The molecule has 0 radical (unpaired) electrons. The molecule has 2 atom stereocenters. The summed E-state index contributed by atoms with van der Waals surface area (Å²) in [6.07, 6.45) is -0.142. The number of anilines is 1. The maximum atomic E-state index is 12.9. The average Bonchev–Trinajstić information content (AvgIpc) is 3.26. The van der Waals surface area contributed by atoms with Crippen LogP contribution in [0.3, 0.4) is 0 Å². The molecule has 0 heterocycles. The van der Waals surface area contributed by atoms with E-state index in [-0.39, 0.29) is 18.3 Å². The third kappa shape index (κ3) is 5.75. The second-order valence-electron chi connectivity index (χ2n) is 6.37. The van der Waals surface area contributed by atoms with E-state index in [2.05, 4.69) is 10.6 Å². The number of aliphatic hydroxyl groups excluding tert-OH is 1. The van der Waals surface area contributed by atoms with Gasteiger partial charge in [0, 0.05) is 23.1 Å². The molecular weight excluding hydrogens is 410 g/mol. The fraction of sp³-hybridized carbons (Fsp3) is 0.316. The highest BCUT2D eigenvalue weighted by atomic mass is 35.5. The number of alkyl halides is 2. The summed E-state index contributed by atoms with van der Waals surface area (Å²) in [5.41, 5.74) is 1.20. The highest BCUT2D eigenvalue weighted by Gasteiger charge is 2.51. The number of hydrogen-bond acceptors (Lipinski definition) is 3. The molecule has 1 fully saturated rings. The van der Waals surface area contributed by atoms with Crippen LogP contribution in [0.5, 0.6) is 0 Å². The Kier molecular flexibility index (Phi) is 6.52. The Morgan fingerprint density at radius 2 is 1.93 bits per heavy atom. The Bertz CT molecular complexity index is 805. The van der Waals surface area contributed by atoms with Crippen molar-refractivity contribution in [1.29, 1.82) is 0 Å². The minimum absolute atomic E-state index is 0.00979. The van der Waals surface area contributed by atoms with Gasteiger partial charge in [-0.1, -0.05) is 24.3 Å². The molecule has 2 amide bonds. The molecule has 8 heteroatoms. The maximum absolute atomic E-state index is 12.9. The number of amides is 2. The number of hydrogen-bond donors (Lipinski definition) is 3. The summed E-state index contributed by atoms with van der Waals surface area (Å²) in [5.74, 6) is 0.646. The van der Waals surface area contributed by atoms with Gasteiger partial charge < -0.3 is 15.7 Å². The molecule has 1 aliphatic rings. The second kappa shape index (κ2) is 8.69. The Morgan fingerprint density at radius 1 is 1.26 bits per heavy atom. The molecule has 0 bridgehead atoms. The van der Waals surface area contributed by atoms with Gasteiger partial charge in [-0.15, -0.1) is 35.0 Å². The third-order valence-electron chi connectivity index (χ3n) is 4.24. The van der Waals surface area contributed by atoms with Gasteiger partial charge in [0.05, 0.1) is 11.8 Å². The molecule has 0 spiro atoms. The van der Waals surface area contributed by atoms with Crippen molar-refractivity contribution >= 4 is 46.7 Å². The first kappa shape index (κ1) is 20.3. The summed E-state index contributed by atoms with van der Waals surface area (Å²) in [4.78, 5) is 13.1. The van der Waals surface area contributed by atoms with Gasteiger partial charge in [0.1, 0.15) is 10.2 Å². The summed E-state index contributed by atoms with van der Waals surface area (Å²) >= 11 is 13.7.